The second-order valence-corrected chi connectivity index (χ2v) is 4.45. The van der Waals surface area contributed by atoms with E-state index in [0.29, 0.717) is 11.5 Å². The van der Waals surface area contributed by atoms with Gasteiger partial charge in [0.1, 0.15) is 11.3 Å². The van der Waals surface area contributed by atoms with Gasteiger partial charge in [-0.15, -0.1) is 0 Å². The molecule has 96 valence electrons. The van der Waals surface area contributed by atoms with Crippen molar-refractivity contribution in [3.8, 4) is 11.5 Å². The predicted molar refractivity (Wildman–Crippen MR) is 70.1 cm³/mol. The lowest BCUT2D eigenvalue weighted by Crippen LogP contribution is -1.99. The minimum atomic E-state index is -1.05. The Hall–Kier alpha value is -2.56. The normalized spacial score (nSPS) is 11.1. The third-order valence-corrected chi connectivity index (χ3v) is 3.09. The minimum absolute atomic E-state index is 0.00896. The van der Waals surface area contributed by atoms with E-state index in [9.17, 15) is 4.79 Å². The highest BCUT2D eigenvalue weighted by Crippen LogP contribution is 2.29. The second kappa shape index (κ2) is 3.98. The van der Waals surface area contributed by atoms with Crippen LogP contribution in [-0.4, -0.2) is 20.9 Å². The van der Waals surface area contributed by atoms with Gasteiger partial charge in [0.15, 0.2) is 11.5 Å². The highest BCUT2D eigenvalue weighted by molar-refractivity contribution is 5.88. The first-order chi connectivity index (χ1) is 9.06. The number of carbonyl (C=O) groups is 1. The van der Waals surface area contributed by atoms with Gasteiger partial charge in [0.25, 0.3) is 0 Å². The molecule has 3 rings (SSSR count). The number of hydrogen-bond acceptors (Lipinski definition) is 3. The maximum Gasteiger partial charge on any atom is 0.356 e. The smallest absolute Gasteiger partial charge is 0.356 e. The molecular formula is C14H12N2O3. The Balaban J connectivity index is 2.19. The van der Waals surface area contributed by atoms with Crippen molar-refractivity contribution < 1.29 is 14.3 Å². The van der Waals surface area contributed by atoms with E-state index in [2.05, 4.69) is 5.10 Å². The van der Waals surface area contributed by atoms with Crippen LogP contribution in [0.1, 0.15) is 16.1 Å². The van der Waals surface area contributed by atoms with Crippen molar-refractivity contribution >= 4 is 16.9 Å². The standard InChI is InChI=1S/C14H12N2O3/c1-8-4-3-5-9-6-12(19-13(8)9)11-7-10(14(17)18)15-16(11)2/h3-7H,1-2H3,(H,17,18). The molecule has 0 radical (unpaired) electrons. The zero-order valence-electron chi connectivity index (χ0n) is 10.5. The van der Waals surface area contributed by atoms with Gasteiger partial charge in [-0.25, -0.2) is 4.79 Å². The monoisotopic (exact) mass is 256 g/mol. The summed E-state index contributed by atoms with van der Waals surface area (Å²) in [7, 11) is 1.70. The fourth-order valence-electron chi connectivity index (χ4n) is 2.14. The Morgan fingerprint density at radius 2 is 2.16 bits per heavy atom. The number of rotatable bonds is 2. The summed E-state index contributed by atoms with van der Waals surface area (Å²) in [6.45, 7) is 1.97. The van der Waals surface area contributed by atoms with Crippen molar-refractivity contribution in [1.29, 1.82) is 0 Å². The van der Waals surface area contributed by atoms with E-state index >= 15 is 0 Å². The lowest BCUT2D eigenvalue weighted by Gasteiger charge is -1.96. The van der Waals surface area contributed by atoms with E-state index in [4.69, 9.17) is 9.52 Å². The molecule has 0 amide bonds. The topological polar surface area (TPSA) is 68.3 Å². The molecule has 0 saturated carbocycles. The summed E-state index contributed by atoms with van der Waals surface area (Å²) >= 11 is 0. The van der Waals surface area contributed by atoms with Crippen molar-refractivity contribution in [1.82, 2.24) is 9.78 Å². The summed E-state index contributed by atoms with van der Waals surface area (Å²) in [5.41, 5.74) is 2.52. The molecule has 0 aliphatic heterocycles. The third kappa shape index (κ3) is 1.79. The number of nitrogens with zero attached hydrogens (tertiary/aromatic N) is 2. The zero-order chi connectivity index (χ0) is 13.6. The average molecular weight is 256 g/mol. The van der Waals surface area contributed by atoms with Gasteiger partial charge in [-0.05, 0) is 18.6 Å². The number of carboxylic acid groups (broad SMARTS) is 1. The van der Waals surface area contributed by atoms with Gasteiger partial charge in [-0.3, -0.25) is 4.68 Å². The van der Waals surface area contributed by atoms with E-state index in [0.717, 1.165) is 16.5 Å². The molecule has 0 aliphatic carbocycles. The first kappa shape index (κ1) is 11.5. The highest BCUT2D eigenvalue weighted by Gasteiger charge is 2.16. The molecule has 1 aromatic carbocycles. The van der Waals surface area contributed by atoms with E-state index < -0.39 is 5.97 Å². The van der Waals surface area contributed by atoms with Crippen LogP contribution in [0, 0.1) is 6.92 Å². The maximum absolute atomic E-state index is 10.9. The van der Waals surface area contributed by atoms with Crippen molar-refractivity contribution in [2.24, 2.45) is 7.05 Å². The number of aryl methyl sites for hydroxylation is 2. The lowest BCUT2D eigenvalue weighted by molar-refractivity contribution is 0.0689. The van der Waals surface area contributed by atoms with Gasteiger partial charge in [-0.2, -0.15) is 5.10 Å². The highest BCUT2D eigenvalue weighted by atomic mass is 16.4. The lowest BCUT2D eigenvalue weighted by atomic mass is 10.2. The molecule has 2 aromatic heterocycles. The molecule has 0 bridgehead atoms. The summed E-state index contributed by atoms with van der Waals surface area (Å²) in [6, 6.07) is 9.30. The number of hydrogen-bond donors (Lipinski definition) is 1. The van der Waals surface area contributed by atoms with Gasteiger partial charge < -0.3 is 9.52 Å². The van der Waals surface area contributed by atoms with E-state index in [1.807, 2.05) is 31.2 Å². The Labute approximate surface area is 109 Å². The summed E-state index contributed by atoms with van der Waals surface area (Å²) < 4.78 is 7.32. The first-order valence-electron chi connectivity index (χ1n) is 5.83. The minimum Gasteiger partial charge on any atom is -0.476 e. The number of benzene rings is 1. The van der Waals surface area contributed by atoms with Crippen LogP contribution in [-0.2, 0) is 7.05 Å². The van der Waals surface area contributed by atoms with Gasteiger partial charge >= 0.3 is 5.97 Å². The van der Waals surface area contributed by atoms with Crippen molar-refractivity contribution in [3.05, 3.63) is 41.6 Å². The Morgan fingerprint density at radius 3 is 2.79 bits per heavy atom. The molecule has 0 saturated heterocycles. The Bertz CT molecular complexity index is 783. The second-order valence-electron chi connectivity index (χ2n) is 4.45. The van der Waals surface area contributed by atoms with Gasteiger partial charge in [0, 0.05) is 18.5 Å². The van der Waals surface area contributed by atoms with Crippen LogP contribution in [0.2, 0.25) is 0 Å². The summed E-state index contributed by atoms with van der Waals surface area (Å²) in [5.74, 6) is -0.430. The molecule has 19 heavy (non-hydrogen) atoms. The first-order valence-corrected chi connectivity index (χ1v) is 5.83. The van der Waals surface area contributed by atoms with Crippen LogP contribution >= 0.6 is 0 Å². The van der Waals surface area contributed by atoms with Gasteiger partial charge in [0.2, 0.25) is 0 Å². The van der Waals surface area contributed by atoms with E-state index in [-0.39, 0.29) is 5.69 Å². The number of carboxylic acids is 1. The SMILES string of the molecule is Cc1cccc2cc(-c3cc(C(=O)O)nn3C)oc12. The van der Waals surface area contributed by atoms with Crippen LogP contribution < -0.4 is 0 Å². The predicted octanol–water partition coefficient (Wildman–Crippen LogP) is 2.84. The summed E-state index contributed by atoms with van der Waals surface area (Å²) in [6.07, 6.45) is 0. The van der Waals surface area contributed by atoms with Crippen LogP contribution in [0.25, 0.3) is 22.4 Å². The van der Waals surface area contributed by atoms with Crippen LogP contribution in [0.5, 0.6) is 0 Å². The molecule has 0 aliphatic rings. The van der Waals surface area contributed by atoms with Gasteiger partial charge in [-0.1, -0.05) is 18.2 Å². The zero-order valence-corrected chi connectivity index (χ0v) is 10.5. The Morgan fingerprint density at radius 1 is 1.37 bits per heavy atom. The molecule has 0 spiro atoms. The van der Waals surface area contributed by atoms with E-state index in [1.54, 1.807) is 7.05 Å². The molecule has 5 heteroatoms. The largest absolute Gasteiger partial charge is 0.476 e. The molecule has 0 atom stereocenters. The van der Waals surface area contributed by atoms with Crippen LogP contribution in [0.4, 0.5) is 0 Å². The maximum atomic E-state index is 10.9. The summed E-state index contributed by atoms with van der Waals surface area (Å²) in [5, 5.41) is 13.9. The van der Waals surface area contributed by atoms with Crippen molar-refractivity contribution in [2.45, 2.75) is 6.92 Å². The van der Waals surface area contributed by atoms with Crippen LogP contribution in [0.3, 0.4) is 0 Å². The number of fused-ring (bicyclic) bond motifs is 1. The van der Waals surface area contributed by atoms with Crippen LogP contribution in [0.15, 0.2) is 34.7 Å². The van der Waals surface area contributed by atoms with E-state index in [1.165, 1.54) is 10.7 Å². The molecular weight excluding hydrogens is 244 g/mol. The van der Waals surface area contributed by atoms with Gasteiger partial charge in [0.05, 0.1) is 0 Å². The third-order valence-electron chi connectivity index (χ3n) is 3.09. The summed E-state index contributed by atoms with van der Waals surface area (Å²) in [4.78, 5) is 10.9. The molecule has 3 aromatic rings. The number of para-hydroxylation sites is 1. The fourth-order valence-corrected chi connectivity index (χ4v) is 2.14. The quantitative estimate of drug-likeness (QED) is 0.765. The molecule has 0 unspecified atom stereocenters. The molecule has 1 N–H and O–H groups in total. The molecule has 5 nitrogen and oxygen atoms in total. The number of aromatic carboxylic acids is 1. The number of furan rings is 1. The number of aromatic nitrogens is 2. The fraction of sp³-hybridized carbons (Fsp3) is 0.143. The Kier molecular flexibility index (Phi) is 2.41. The van der Waals surface area contributed by atoms with Crippen molar-refractivity contribution in [2.75, 3.05) is 0 Å². The van der Waals surface area contributed by atoms with Crippen molar-refractivity contribution in [3.63, 3.8) is 0 Å². The molecule has 0 fully saturated rings. The average Bonchev–Trinajstić information content (AvgIpc) is 2.93. The molecule has 2 heterocycles.